The molecule has 3 N–H and O–H groups in total. The number of aromatic nitrogens is 1. The van der Waals surface area contributed by atoms with Gasteiger partial charge in [-0.15, -0.1) is 0 Å². The quantitative estimate of drug-likeness (QED) is 0.571. The van der Waals surface area contributed by atoms with E-state index >= 15 is 0 Å². The fourth-order valence-corrected chi connectivity index (χ4v) is 2.77. The van der Waals surface area contributed by atoms with E-state index in [9.17, 15) is 0 Å². The maximum Gasteiger partial charge on any atom is 0.0678 e. The van der Waals surface area contributed by atoms with Gasteiger partial charge in [-0.2, -0.15) is 0 Å². The smallest absolute Gasteiger partial charge is 0.0678 e. The number of fused-ring (bicyclic) bond motifs is 1. The van der Waals surface area contributed by atoms with Gasteiger partial charge in [0, 0.05) is 16.6 Å². The molecule has 0 saturated carbocycles. The molecule has 1 atom stereocenters. The molecule has 1 aromatic heterocycles. The molecule has 4 heteroatoms. The fourth-order valence-electron chi connectivity index (χ4n) is 2.55. The molecule has 0 aliphatic carbocycles. The third-order valence-electron chi connectivity index (χ3n) is 3.56. The first kappa shape index (κ1) is 14.0. The van der Waals surface area contributed by atoms with Gasteiger partial charge in [-0.25, -0.2) is 0 Å². The minimum atomic E-state index is -0.0606. The number of nitrogens with zero attached hydrogens (tertiary/aromatic N) is 1. The van der Waals surface area contributed by atoms with E-state index in [1.165, 1.54) is 0 Å². The minimum absolute atomic E-state index is 0.0606. The van der Waals surface area contributed by atoms with Gasteiger partial charge < -0.3 is 0 Å². The van der Waals surface area contributed by atoms with Crippen molar-refractivity contribution in [3.05, 3.63) is 77.1 Å². The van der Waals surface area contributed by atoms with Crippen LogP contribution in [0.15, 0.2) is 60.8 Å². The van der Waals surface area contributed by atoms with Gasteiger partial charge >= 0.3 is 0 Å². The summed E-state index contributed by atoms with van der Waals surface area (Å²) >= 11 is 6.05. The van der Waals surface area contributed by atoms with Crippen molar-refractivity contribution in [1.29, 1.82) is 0 Å². The van der Waals surface area contributed by atoms with Crippen LogP contribution < -0.4 is 11.3 Å². The van der Waals surface area contributed by atoms with E-state index in [1.807, 2.05) is 48.7 Å². The molecule has 0 aliphatic heterocycles. The van der Waals surface area contributed by atoms with E-state index < -0.39 is 0 Å². The zero-order valence-corrected chi connectivity index (χ0v) is 12.2. The van der Waals surface area contributed by atoms with Crippen LogP contribution in [-0.2, 0) is 6.42 Å². The van der Waals surface area contributed by atoms with Gasteiger partial charge in [0.25, 0.3) is 0 Å². The highest BCUT2D eigenvalue weighted by atomic mass is 35.5. The summed E-state index contributed by atoms with van der Waals surface area (Å²) in [4.78, 5) is 4.52. The van der Waals surface area contributed by atoms with Crippen molar-refractivity contribution >= 4 is 22.4 Å². The van der Waals surface area contributed by atoms with Crippen LogP contribution in [0, 0.1) is 0 Å². The Morgan fingerprint density at radius 1 is 1.10 bits per heavy atom. The molecule has 3 nitrogen and oxygen atoms in total. The van der Waals surface area contributed by atoms with E-state index in [1.54, 1.807) is 0 Å². The molecule has 0 aliphatic rings. The SMILES string of the molecule is NNC(Cc1cccc(Cl)c1)c1nccc2ccccc12. The second kappa shape index (κ2) is 6.22. The van der Waals surface area contributed by atoms with Gasteiger partial charge in [-0.3, -0.25) is 16.3 Å². The van der Waals surface area contributed by atoms with Crippen LogP contribution in [0.4, 0.5) is 0 Å². The number of hydrazine groups is 1. The first-order chi connectivity index (χ1) is 10.3. The lowest BCUT2D eigenvalue weighted by atomic mass is 9.99. The topological polar surface area (TPSA) is 50.9 Å². The first-order valence-corrected chi connectivity index (χ1v) is 7.20. The number of hydrogen-bond donors (Lipinski definition) is 2. The van der Waals surface area contributed by atoms with Crippen LogP contribution >= 0.6 is 11.6 Å². The van der Waals surface area contributed by atoms with E-state index in [0.29, 0.717) is 0 Å². The Bertz CT molecular complexity index is 752. The molecule has 0 bridgehead atoms. The van der Waals surface area contributed by atoms with Gasteiger partial charge in [0.2, 0.25) is 0 Å². The molecule has 21 heavy (non-hydrogen) atoms. The standard InChI is InChI=1S/C17H16ClN3/c18-14-6-3-4-12(10-14)11-16(21-19)17-15-7-2-1-5-13(15)8-9-20-17/h1-10,16,21H,11,19H2. The van der Waals surface area contributed by atoms with Crippen LogP contribution in [0.2, 0.25) is 5.02 Å². The lowest BCUT2D eigenvalue weighted by Gasteiger charge is -2.17. The molecule has 0 radical (unpaired) electrons. The number of nitrogens with one attached hydrogen (secondary N) is 1. The fraction of sp³-hybridized carbons (Fsp3) is 0.118. The van der Waals surface area contributed by atoms with Gasteiger partial charge in [-0.05, 0) is 35.6 Å². The summed E-state index contributed by atoms with van der Waals surface area (Å²) in [5.41, 5.74) is 4.95. The maximum atomic E-state index is 6.05. The molecule has 1 heterocycles. The predicted molar refractivity (Wildman–Crippen MR) is 87.0 cm³/mol. The Morgan fingerprint density at radius 3 is 2.76 bits per heavy atom. The molecule has 2 aromatic carbocycles. The van der Waals surface area contributed by atoms with E-state index in [2.05, 4.69) is 22.5 Å². The number of nitrogens with two attached hydrogens (primary N) is 1. The molecule has 0 saturated heterocycles. The minimum Gasteiger partial charge on any atom is -0.271 e. The maximum absolute atomic E-state index is 6.05. The monoisotopic (exact) mass is 297 g/mol. The van der Waals surface area contributed by atoms with Crippen molar-refractivity contribution in [3.8, 4) is 0 Å². The third kappa shape index (κ3) is 3.05. The number of hydrogen-bond acceptors (Lipinski definition) is 3. The molecule has 0 spiro atoms. The highest BCUT2D eigenvalue weighted by Crippen LogP contribution is 2.25. The van der Waals surface area contributed by atoms with Crippen LogP contribution in [0.5, 0.6) is 0 Å². The average Bonchev–Trinajstić information content (AvgIpc) is 2.52. The van der Waals surface area contributed by atoms with Crippen molar-refractivity contribution in [2.45, 2.75) is 12.5 Å². The van der Waals surface area contributed by atoms with Gasteiger partial charge in [0.05, 0.1) is 11.7 Å². The summed E-state index contributed by atoms with van der Waals surface area (Å²) < 4.78 is 0. The average molecular weight is 298 g/mol. The van der Waals surface area contributed by atoms with Crippen molar-refractivity contribution < 1.29 is 0 Å². The van der Waals surface area contributed by atoms with Gasteiger partial charge in [-0.1, -0.05) is 48.0 Å². The molecule has 1 unspecified atom stereocenters. The molecule has 0 amide bonds. The molecular formula is C17H16ClN3. The number of benzene rings is 2. The molecule has 106 valence electrons. The molecular weight excluding hydrogens is 282 g/mol. The summed E-state index contributed by atoms with van der Waals surface area (Å²) in [7, 11) is 0. The number of halogens is 1. The van der Waals surface area contributed by atoms with Gasteiger partial charge in [0.1, 0.15) is 0 Å². The molecule has 3 rings (SSSR count). The Kier molecular flexibility index (Phi) is 4.15. The van der Waals surface area contributed by atoms with Crippen LogP contribution in [-0.4, -0.2) is 4.98 Å². The Balaban J connectivity index is 1.98. The summed E-state index contributed by atoms with van der Waals surface area (Å²) in [6, 6.07) is 17.9. The normalized spacial score (nSPS) is 12.5. The van der Waals surface area contributed by atoms with Crippen LogP contribution in [0.3, 0.4) is 0 Å². The van der Waals surface area contributed by atoms with Crippen molar-refractivity contribution in [2.75, 3.05) is 0 Å². The zero-order valence-electron chi connectivity index (χ0n) is 11.5. The zero-order chi connectivity index (χ0) is 14.7. The lowest BCUT2D eigenvalue weighted by Crippen LogP contribution is -2.30. The highest BCUT2D eigenvalue weighted by Gasteiger charge is 2.15. The number of pyridine rings is 1. The Morgan fingerprint density at radius 2 is 1.95 bits per heavy atom. The Hall–Kier alpha value is -1.94. The second-order valence-corrected chi connectivity index (χ2v) is 5.41. The first-order valence-electron chi connectivity index (χ1n) is 6.82. The molecule has 3 aromatic rings. The van der Waals surface area contributed by atoms with Crippen LogP contribution in [0.25, 0.3) is 10.8 Å². The van der Waals surface area contributed by atoms with E-state index in [-0.39, 0.29) is 6.04 Å². The van der Waals surface area contributed by atoms with Crippen molar-refractivity contribution in [1.82, 2.24) is 10.4 Å². The lowest BCUT2D eigenvalue weighted by molar-refractivity contribution is 0.543. The van der Waals surface area contributed by atoms with E-state index in [0.717, 1.165) is 33.5 Å². The number of rotatable bonds is 4. The van der Waals surface area contributed by atoms with Gasteiger partial charge in [0.15, 0.2) is 0 Å². The predicted octanol–water partition coefficient (Wildman–Crippen LogP) is 3.64. The Labute approximate surface area is 128 Å². The van der Waals surface area contributed by atoms with Crippen molar-refractivity contribution in [2.24, 2.45) is 5.84 Å². The highest BCUT2D eigenvalue weighted by molar-refractivity contribution is 6.30. The largest absolute Gasteiger partial charge is 0.271 e. The third-order valence-corrected chi connectivity index (χ3v) is 3.80. The summed E-state index contributed by atoms with van der Waals surface area (Å²) in [6.07, 6.45) is 2.55. The van der Waals surface area contributed by atoms with Crippen LogP contribution in [0.1, 0.15) is 17.3 Å². The molecule has 0 fully saturated rings. The second-order valence-electron chi connectivity index (χ2n) is 4.97. The van der Waals surface area contributed by atoms with E-state index in [4.69, 9.17) is 17.4 Å². The van der Waals surface area contributed by atoms with Crippen molar-refractivity contribution in [3.63, 3.8) is 0 Å². The summed E-state index contributed by atoms with van der Waals surface area (Å²) in [5, 5.41) is 3.01. The summed E-state index contributed by atoms with van der Waals surface area (Å²) in [6.45, 7) is 0. The summed E-state index contributed by atoms with van der Waals surface area (Å²) in [5.74, 6) is 5.76.